The van der Waals surface area contributed by atoms with Gasteiger partial charge < -0.3 is 10.8 Å². The SMILES string of the molecule is CC(O)(c1ccc(N)c(F)c1)C(F)(F)F. The van der Waals surface area contributed by atoms with Crippen molar-refractivity contribution in [1.29, 1.82) is 0 Å². The van der Waals surface area contributed by atoms with Crippen molar-refractivity contribution in [2.24, 2.45) is 0 Å². The Kier molecular flexibility index (Phi) is 2.65. The molecule has 0 heterocycles. The minimum absolute atomic E-state index is 0.267. The Morgan fingerprint density at radius 1 is 1.27 bits per heavy atom. The van der Waals surface area contributed by atoms with Gasteiger partial charge in [-0.3, -0.25) is 0 Å². The van der Waals surface area contributed by atoms with E-state index in [-0.39, 0.29) is 5.69 Å². The molecule has 0 spiro atoms. The van der Waals surface area contributed by atoms with E-state index in [2.05, 4.69) is 0 Å². The number of hydrogen-bond acceptors (Lipinski definition) is 2. The van der Waals surface area contributed by atoms with E-state index in [1.165, 1.54) is 0 Å². The lowest BCUT2D eigenvalue weighted by Gasteiger charge is -2.26. The topological polar surface area (TPSA) is 46.2 Å². The van der Waals surface area contributed by atoms with E-state index >= 15 is 0 Å². The van der Waals surface area contributed by atoms with E-state index in [1.807, 2.05) is 0 Å². The van der Waals surface area contributed by atoms with Crippen LogP contribution in [0.3, 0.4) is 0 Å². The van der Waals surface area contributed by atoms with Crippen LogP contribution in [0, 0.1) is 5.82 Å². The van der Waals surface area contributed by atoms with Crippen LogP contribution in [-0.4, -0.2) is 11.3 Å². The van der Waals surface area contributed by atoms with E-state index in [1.54, 1.807) is 0 Å². The number of anilines is 1. The van der Waals surface area contributed by atoms with Crippen LogP contribution in [0.2, 0.25) is 0 Å². The van der Waals surface area contributed by atoms with Gasteiger partial charge in [0.25, 0.3) is 0 Å². The smallest absolute Gasteiger partial charge is 0.396 e. The van der Waals surface area contributed by atoms with Gasteiger partial charge in [-0.15, -0.1) is 0 Å². The van der Waals surface area contributed by atoms with Crippen molar-refractivity contribution in [2.75, 3.05) is 5.73 Å². The summed E-state index contributed by atoms with van der Waals surface area (Å²) in [5, 5.41) is 9.21. The molecule has 0 saturated heterocycles. The Balaban J connectivity index is 3.22. The second-order valence-corrected chi connectivity index (χ2v) is 3.31. The Hall–Kier alpha value is -1.30. The van der Waals surface area contributed by atoms with Crippen LogP contribution in [0.25, 0.3) is 0 Å². The minimum Gasteiger partial charge on any atom is -0.396 e. The average Bonchev–Trinajstić information content (AvgIpc) is 2.07. The van der Waals surface area contributed by atoms with Crippen LogP contribution >= 0.6 is 0 Å². The first-order valence-electron chi connectivity index (χ1n) is 4.01. The standard InChI is InChI=1S/C9H9F4NO/c1-8(15,9(11,12)13)5-2-3-7(14)6(10)4-5/h2-4,15H,14H2,1H3. The van der Waals surface area contributed by atoms with Gasteiger partial charge in [-0.1, -0.05) is 6.07 Å². The number of alkyl halides is 3. The monoisotopic (exact) mass is 223 g/mol. The van der Waals surface area contributed by atoms with Crippen LogP contribution in [0.1, 0.15) is 12.5 Å². The molecule has 0 aliphatic rings. The maximum Gasteiger partial charge on any atom is 0.421 e. The second kappa shape index (κ2) is 3.37. The third-order valence-corrected chi connectivity index (χ3v) is 2.11. The zero-order valence-corrected chi connectivity index (χ0v) is 7.77. The number of benzene rings is 1. The van der Waals surface area contributed by atoms with Gasteiger partial charge >= 0.3 is 6.18 Å². The average molecular weight is 223 g/mol. The molecule has 1 unspecified atom stereocenters. The molecule has 0 aromatic heterocycles. The molecule has 0 saturated carbocycles. The molecule has 1 aromatic carbocycles. The number of nitrogen functional groups attached to an aromatic ring is 1. The summed E-state index contributed by atoms with van der Waals surface area (Å²) in [5.41, 5.74) is 1.17. The number of rotatable bonds is 1. The third kappa shape index (κ3) is 2.04. The van der Waals surface area contributed by atoms with Crippen molar-refractivity contribution in [3.05, 3.63) is 29.6 Å². The Morgan fingerprint density at radius 2 is 1.80 bits per heavy atom. The normalized spacial score (nSPS) is 16.1. The highest BCUT2D eigenvalue weighted by atomic mass is 19.4. The first-order valence-corrected chi connectivity index (χ1v) is 4.01. The molecule has 1 rings (SSSR count). The van der Waals surface area contributed by atoms with Crippen LogP contribution < -0.4 is 5.73 Å². The molecule has 1 aromatic rings. The molecule has 84 valence electrons. The van der Waals surface area contributed by atoms with Gasteiger partial charge in [0.2, 0.25) is 0 Å². The summed E-state index contributed by atoms with van der Waals surface area (Å²) in [4.78, 5) is 0. The van der Waals surface area contributed by atoms with Crippen molar-refractivity contribution in [3.8, 4) is 0 Å². The van der Waals surface area contributed by atoms with Crippen LogP contribution in [0.15, 0.2) is 18.2 Å². The lowest BCUT2D eigenvalue weighted by atomic mass is 9.95. The van der Waals surface area contributed by atoms with Gasteiger partial charge in [0.1, 0.15) is 5.82 Å². The zero-order valence-electron chi connectivity index (χ0n) is 7.77. The van der Waals surface area contributed by atoms with Crippen molar-refractivity contribution < 1.29 is 22.7 Å². The highest BCUT2D eigenvalue weighted by Crippen LogP contribution is 2.38. The van der Waals surface area contributed by atoms with Gasteiger partial charge in [-0.2, -0.15) is 13.2 Å². The van der Waals surface area contributed by atoms with Gasteiger partial charge in [-0.05, 0) is 24.6 Å². The molecular weight excluding hydrogens is 214 g/mol. The molecule has 3 N–H and O–H groups in total. The number of nitrogens with two attached hydrogens (primary N) is 1. The van der Waals surface area contributed by atoms with Crippen molar-refractivity contribution in [1.82, 2.24) is 0 Å². The Bertz CT molecular complexity index is 373. The molecule has 0 fully saturated rings. The number of hydrogen-bond donors (Lipinski definition) is 2. The molecule has 2 nitrogen and oxygen atoms in total. The molecule has 0 bridgehead atoms. The first kappa shape index (κ1) is 11.8. The van der Waals surface area contributed by atoms with Gasteiger partial charge in [-0.25, -0.2) is 4.39 Å². The van der Waals surface area contributed by atoms with Crippen molar-refractivity contribution >= 4 is 5.69 Å². The first-order chi connectivity index (χ1) is 6.66. The van der Waals surface area contributed by atoms with E-state index in [9.17, 15) is 22.7 Å². The van der Waals surface area contributed by atoms with Crippen LogP contribution in [0.5, 0.6) is 0 Å². The quantitative estimate of drug-likeness (QED) is 0.566. The molecule has 15 heavy (non-hydrogen) atoms. The van der Waals surface area contributed by atoms with E-state index < -0.39 is 23.2 Å². The minimum atomic E-state index is -4.87. The lowest BCUT2D eigenvalue weighted by Crippen LogP contribution is -2.39. The van der Waals surface area contributed by atoms with E-state index in [4.69, 9.17) is 5.73 Å². The fourth-order valence-electron chi connectivity index (χ4n) is 0.994. The van der Waals surface area contributed by atoms with Gasteiger partial charge in [0.15, 0.2) is 5.60 Å². The summed E-state index contributed by atoms with van der Waals surface area (Å²) in [6.07, 6.45) is -4.87. The molecule has 0 amide bonds. The molecule has 0 radical (unpaired) electrons. The van der Waals surface area contributed by atoms with Gasteiger partial charge in [0.05, 0.1) is 5.69 Å². The fraction of sp³-hybridized carbons (Fsp3) is 0.333. The van der Waals surface area contributed by atoms with Crippen molar-refractivity contribution in [3.63, 3.8) is 0 Å². The fourth-order valence-corrected chi connectivity index (χ4v) is 0.994. The summed E-state index contributed by atoms with van der Waals surface area (Å²) >= 11 is 0. The molecule has 0 aliphatic carbocycles. The predicted molar refractivity (Wildman–Crippen MR) is 46.4 cm³/mol. The highest BCUT2D eigenvalue weighted by molar-refractivity contribution is 5.42. The van der Waals surface area contributed by atoms with E-state index in [0.29, 0.717) is 13.0 Å². The maximum absolute atomic E-state index is 12.9. The van der Waals surface area contributed by atoms with Gasteiger partial charge in [0, 0.05) is 0 Å². The Morgan fingerprint density at radius 3 is 2.20 bits per heavy atom. The maximum atomic E-state index is 12.9. The Labute approximate surface area is 83.3 Å². The highest BCUT2D eigenvalue weighted by Gasteiger charge is 2.51. The molecular formula is C9H9F4NO. The molecule has 6 heteroatoms. The third-order valence-electron chi connectivity index (χ3n) is 2.11. The summed E-state index contributed by atoms with van der Waals surface area (Å²) in [5.74, 6) is -0.989. The summed E-state index contributed by atoms with van der Waals surface area (Å²) in [6.45, 7) is 0.554. The van der Waals surface area contributed by atoms with Crippen LogP contribution in [0.4, 0.5) is 23.2 Å². The largest absolute Gasteiger partial charge is 0.421 e. The predicted octanol–water partition coefficient (Wildman–Crippen LogP) is 2.18. The second-order valence-electron chi connectivity index (χ2n) is 3.31. The lowest BCUT2D eigenvalue weighted by molar-refractivity contribution is -0.258. The number of halogens is 4. The molecule has 1 atom stereocenters. The van der Waals surface area contributed by atoms with E-state index in [0.717, 1.165) is 12.1 Å². The molecule has 0 aliphatic heterocycles. The van der Waals surface area contributed by atoms with Crippen LogP contribution in [-0.2, 0) is 5.60 Å². The zero-order chi connectivity index (χ0) is 11.9. The number of aliphatic hydroxyl groups is 1. The summed E-state index contributed by atoms with van der Waals surface area (Å²) < 4.78 is 49.9. The summed E-state index contributed by atoms with van der Waals surface area (Å²) in [6, 6.07) is 2.49. The van der Waals surface area contributed by atoms with Crippen molar-refractivity contribution in [2.45, 2.75) is 18.7 Å². The summed E-state index contributed by atoms with van der Waals surface area (Å²) in [7, 11) is 0.